The van der Waals surface area contributed by atoms with E-state index in [-0.39, 0.29) is 18.3 Å². The summed E-state index contributed by atoms with van der Waals surface area (Å²) in [7, 11) is 0. The van der Waals surface area contributed by atoms with Crippen molar-refractivity contribution in [1.82, 2.24) is 0 Å². The van der Waals surface area contributed by atoms with Crippen LogP contribution in [0.4, 0.5) is 8.78 Å². The lowest BCUT2D eigenvalue weighted by Crippen LogP contribution is -2.11. The Kier molecular flexibility index (Phi) is 6.24. The van der Waals surface area contributed by atoms with Crippen LogP contribution in [0.25, 0.3) is 6.08 Å². The Morgan fingerprint density at radius 3 is 2.78 bits per heavy atom. The number of benzene rings is 1. The van der Waals surface area contributed by atoms with Gasteiger partial charge < -0.3 is 14.2 Å². The van der Waals surface area contributed by atoms with E-state index in [2.05, 4.69) is 0 Å². The maximum atomic E-state index is 14.1. The lowest BCUT2D eigenvalue weighted by Gasteiger charge is -2.19. The molecule has 0 bridgehead atoms. The summed E-state index contributed by atoms with van der Waals surface area (Å²) in [4.78, 5) is 11.4. The molecule has 1 aliphatic heterocycles. The lowest BCUT2D eigenvalue weighted by molar-refractivity contribution is -0.137. The van der Waals surface area contributed by atoms with Gasteiger partial charge in [-0.25, -0.2) is 13.6 Å². The first-order valence-electron chi connectivity index (χ1n) is 7.62. The molecule has 0 N–H and O–H groups in total. The molecule has 2 rings (SSSR count). The predicted octanol–water partition coefficient (Wildman–Crippen LogP) is 3.41. The summed E-state index contributed by atoms with van der Waals surface area (Å²) in [5, 5.41) is 0. The van der Waals surface area contributed by atoms with Gasteiger partial charge in [0, 0.05) is 17.7 Å². The second-order valence-corrected chi connectivity index (χ2v) is 5.16. The molecule has 4 nitrogen and oxygen atoms in total. The second-order valence-electron chi connectivity index (χ2n) is 5.16. The van der Waals surface area contributed by atoms with Gasteiger partial charge in [-0.1, -0.05) is 6.92 Å². The first-order valence-corrected chi connectivity index (χ1v) is 7.62. The molecule has 0 radical (unpaired) electrons. The first-order chi connectivity index (χ1) is 11.0. The Morgan fingerprint density at radius 1 is 1.43 bits per heavy atom. The van der Waals surface area contributed by atoms with Crippen molar-refractivity contribution < 1.29 is 27.8 Å². The van der Waals surface area contributed by atoms with Gasteiger partial charge in [-0.15, -0.1) is 0 Å². The van der Waals surface area contributed by atoms with Crippen LogP contribution < -0.4 is 0 Å². The molecule has 23 heavy (non-hydrogen) atoms. The van der Waals surface area contributed by atoms with Crippen LogP contribution in [0.2, 0.25) is 0 Å². The van der Waals surface area contributed by atoms with Crippen LogP contribution >= 0.6 is 0 Å². The van der Waals surface area contributed by atoms with Gasteiger partial charge in [-0.3, -0.25) is 0 Å². The van der Waals surface area contributed by atoms with Gasteiger partial charge in [0.05, 0.1) is 25.9 Å². The summed E-state index contributed by atoms with van der Waals surface area (Å²) in [5.74, 6) is -2.01. The highest BCUT2D eigenvalue weighted by molar-refractivity contribution is 5.87. The average molecular weight is 326 g/mol. The minimum Gasteiger partial charge on any atom is -0.463 e. The van der Waals surface area contributed by atoms with Crippen LogP contribution in [0.5, 0.6) is 0 Å². The Balaban J connectivity index is 2.25. The Labute approximate surface area is 134 Å². The summed E-state index contributed by atoms with van der Waals surface area (Å²) < 4.78 is 43.3. The van der Waals surface area contributed by atoms with Gasteiger partial charge in [0.25, 0.3) is 0 Å². The summed E-state index contributed by atoms with van der Waals surface area (Å²) in [6.45, 7) is 4.78. The van der Waals surface area contributed by atoms with Crippen molar-refractivity contribution in [2.75, 3.05) is 19.8 Å². The molecular weight excluding hydrogens is 306 g/mol. The predicted molar refractivity (Wildman–Crippen MR) is 80.7 cm³/mol. The molecule has 1 aliphatic rings. The zero-order valence-corrected chi connectivity index (χ0v) is 13.2. The van der Waals surface area contributed by atoms with Crippen LogP contribution in [-0.4, -0.2) is 31.9 Å². The summed E-state index contributed by atoms with van der Waals surface area (Å²) in [5.41, 5.74) is 0.495. The van der Waals surface area contributed by atoms with E-state index >= 15 is 0 Å². The number of halogens is 2. The first kappa shape index (κ1) is 17.6. The molecule has 0 spiro atoms. The van der Waals surface area contributed by atoms with E-state index in [1.54, 1.807) is 6.92 Å². The fourth-order valence-corrected chi connectivity index (χ4v) is 2.20. The number of carbonyl (C=O) groups excluding carboxylic acids is 1. The third-order valence-electron chi connectivity index (χ3n) is 3.40. The van der Waals surface area contributed by atoms with E-state index in [0.717, 1.165) is 12.1 Å². The molecule has 1 saturated heterocycles. The maximum Gasteiger partial charge on any atom is 0.330 e. The number of hydrogen-bond donors (Lipinski definition) is 0. The van der Waals surface area contributed by atoms with E-state index in [4.69, 9.17) is 14.2 Å². The van der Waals surface area contributed by atoms with Gasteiger partial charge in [-0.2, -0.15) is 0 Å². The zero-order valence-electron chi connectivity index (χ0n) is 13.2. The molecule has 0 aromatic heterocycles. The SMILES string of the molecule is CCOC(=O)/C=C/c1c(F)cc(F)cc1[C@@H](CC)OCC1CO1. The number of rotatable bonds is 8. The van der Waals surface area contributed by atoms with Crippen LogP contribution in [0.1, 0.15) is 37.5 Å². The van der Waals surface area contributed by atoms with Crippen molar-refractivity contribution >= 4 is 12.0 Å². The minimum absolute atomic E-state index is 0.0565. The van der Waals surface area contributed by atoms with Crippen molar-refractivity contribution in [2.45, 2.75) is 32.5 Å². The molecule has 0 saturated carbocycles. The molecule has 2 atom stereocenters. The summed E-state index contributed by atoms with van der Waals surface area (Å²) in [6, 6.07) is 2.01. The van der Waals surface area contributed by atoms with E-state index in [9.17, 15) is 13.6 Å². The molecule has 1 unspecified atom stereocenters. The molecule has 1 heterocycles. The molecule has 126 valence electrons. The highest BCUT2D eigenvalue weighted by Gasteiger charge is 2.25. The van der Waals surface area contributed by atoms with Gasteiger partial charge >= 0.3 is 5.97 Å². The number of ether oxygens (including phenoxy) is 3. The van der Waals surface area contributed by atoms with Gasteiger partial charge in [-0.05, 0) is 31.1 Å². The highest BCUT2D eigenvalue weighted by atomic mass is 19.1. The molecule has 0 aliphatic carbocycles. The van der Waals surface area contributed by atoms with Crippen molar-refractivity contribution in [3.8, 4) is 0 Å². The van der Waals surface area contributed by atoms with Crippen molar-refractivity contribution in [3.05, 3.63) is 41.0 Å². The third-order valence-corrected chi connectivity index (χ3v) is 3.40. The standard InChI is InChI=1S/C17H20F2O4/c1-3-16(23-10-12-9-22-12)14-7-11(18)8-15(19)13(14)5-6-17(20)21-4-2/h5-8,12,16H,3-4,9-10H2,1-2H3/b6-5+/t12?,16-/m1/s1. The average Bonchev–Trinajstić information content (AvgIpc) is 3.31. The Bertz CT molecular complexity index is 582. The minimum atomic E-state index is -0.745. The number of hydrogen-bond acceptors (Lipinski definition) is 4. The van der Waals surface area contributed by atoms with Crippen molar-refractivity contribution in [2.24, 2.45) is 0 Å². The molecule has 1 aromatic carbocycles. The summed E-state index contributed by atoms with van der Waals surface area (Å²) in [6.07, 6.45) is 2.53. The fraction of sp³-hybridized carbons (Fsp3) is 0.471. The van der Waals surface area contributed by atoms with Crippen LogP contribution in [0.15, 0.2) is 18.2 Å². The van der Waals surface area contributed by atoms with Crippen LogP contribution in [0.3, 0.4) is 0 Å². The van der Waals surface area contributed by atoms with Crippen molar-refractivity contribution in [1.29, 1.82) is 0 Å². The lowest BCUT2D eigenvalue weighted by atomic mass is 9.99. The van der Waals surface area contributed by atoms with E-state index in [1.807, 2.05) is 6.92 Å². The summed E-state index contributed by atoms with van der Waals surface area (Å²) >= 11 is 0. The smallest absolute Gasteiger partial charge is 0.330 e. The van der Waals surface area contributed by atoms with E-state index in [0.29, 0.717) is 25.2 Å². The fourth-order valence-electron chi connectivity index (χ4n) is 2.20. The molecule has 6 heteroatoms. The molecule has 0 amide bonds. The third kappa shape index (κ3) is 5.11. The van der Waals surface area contributed by atoms with Gasteiger partial charge in [0.15, 0.2) is 0 Å². The largest absolute Gasteiger partial charge is 0.463 e. The van der Waals surface area contributed by atoms with Crippen molar-refractivity contribution in [3.63, 3.8) is 0 Å². The van der Waals surface area contributed by atoms with Crippen LogP contribution in [-0.2, 0) is 19.0 Å². The number of carbonyl (C=O) groups is 1. The number of epoxide rings is 1. The second kappa shape index (κ2) is 8.17. The van der Waals surface area contributed by atoms with Crippen LogP contribution in [0, 0.1) is 11.6 Å². The molecular formula is C17H20F2O4. The Hall–Kier alpha value is -1.79. The van der Waals surface area contributed by atoms with E-state index in [1.165, 1.54) is 12.1 Å². The van der Waals surface area contributed by atoms with Gasteiger partial charge in [0.2, 0.25) is 0 Å². The number of esters is 1. The molecule has 1 fully saturated rings. The zero-order chi connectivity index (χ0) is 16.8. The normalized spacial score (nSPS) is 18.2. The highest BCUT2D eigenvalue weighted by Crippen LogP contribution is 2.29. The molecule has 1 aromatic rings. The Morgan fingerprint density at radius 2 is 2.17 bits per heavy atom. The van der Waals surface area contributed by atoms with E-state index < -0.39 is 23.7 Å². The monoisotopic (exact) mass is 326 g/mol. The topological polar surface area (TPSA) is 48.1 Å². The quantitative estimate of drug-likeness (QED) is 0.417. The maximum absolute atomic E-state index is 14.1. The van der Waals surface area contributed by atoms with Gasteiger partial charge in [0.1, 0.15) is 17.7 Å².